The Morgan fingerprint density at radius 1 is 1.34 bits per heavy atom. The van der Waals surface area contributed by atoms with Crippen LogP contribution in [-0.2, 0) is 9.59 Å². The van der Waals surface area contributed by atoms with Crippen LogP contribution in [0.1, 0.15) is 6.92 Å². The number of hydrogen-bond donors (Lipinski definition) is 3. The van der Waals surface area contributed by atoms with Crippen molar-refractivity contribution in [1.29, 1.82) is 0 Å². The van der Waals surface area contributed by atoms with Crippen LogP contribution in [0, 0.1) is 11.7 Å². The minimum atomic E-state index is -0.581. The highest BCUT2D eigenvalue weighted by atomic mass is 35.5. The molecule has 2 amide bonds. The predicted molar refractivity (Wildman–Crippen MR) is 123 cm³/mol. The van der Waals surface area contributed by atoms with Gasteiger partial charge in [0.05, 0.1) is 29.0 Å². The fourth-order valence-electron chi connectivity index (χ4n) is 3.36. The van der Waals surface area contributed by atoms with Gasteiger partial charge in [-0.1, -0.05) is 23.4 Å². The normalized spacial score (nSPS) is 20.0. The molecule has 0 radical (unpaired) electrons. The molecule has 2 heterocycles. The number of thioether (sulfide) groups is 1. The van der Waals surface area contributed by atoms with Crippen molar-refractivity contribution in [3.63, 3.8) is 0 Å². The molecule has 1 fully saturated rings. The zero-order valence-electron chi connectivity index (χ0n) is 17.1. The third kappa shape index (κ3) is 4.88. The zero-order valence-corrected chi connectivity index (χ0v) is 18.7. The van der Waals surface area contributed by atoms with Crippen LogP contribution in [0.3, 0.4) is 0 Å². The topological polar surface area (TPSA) is 95.1 Å². The van der Waals surface area contributed by atoms with Gasteiger partial charge < -0.3 is 10.1 Å². The molecule has 2 atom stereocenters. The molecule has 32 heavy (non-hydrogen) atoms. The van der Waals surface area contributed by atoms with Crippen molar-refractivity contribution in [2.24, 2.45) is 10.9 Å². The molecule has 2 aliphatic heterocycles. The summed E-state index contributed by atoms with van der Waals surface area (Å²) in [5, 5.41) is 3.04. The molecule has 8 nitrogen and oxygen atoms in total. The summed E-state index contributed by atoms with van der Waals surface area (Å²) in [6, 6.07) is 11.1. The molecule has 168 valence electrons. The number of nitrogens with one attached hydrogen (secondary N) is 3. The average Bonchev–Trinajstić information content (AvgIpc) is 3.25. The van der Waals surface area contributed by atoms with E-state index in [1.165, 1.54) is 23.1 Å². The lowest BCUT2D eigenvalue weighted by Gasteiger charge is -2.32. The molecular formula is C21H21ClFN5O3S. The van der Waals surface area contributed by atoms with Gasteiger partial charge in [0.2, 0.25) is 11.8 Å². The van der Waals surface area contributed by atoms with Gasteiger partial charge in [0.15, 0.2) is 5.17 Å². The van der Waals surface area contributed by atoms with Gasteiger partial charge in [-0.3, -0.25) is 19.9 Å². The van der Waals surface area contributed by atoms with E-state index in [9.17, 15) is 14.0 Å². The van der Waals surface area contributed by atoms with Gasteiger partial charge in [-0.15, -0.1) is 0 Å². The maximum absolute atomic E-state index is 13.7. The van der Waals surface area contributed by atoms with Crippen LogP contribution >= 0.6 is 23.4 Å². The summed E-state index contributed by atoms with van der Waals surface area (Å²) in [6.07, 6.45) is -0.439. The predicted octanol–water partition coefficient (Wildman–Crippen LogP) is 3.00. The molecule has 0 spiro atoms. The van der Waals surface area contributed by atoms with Crippen LogP contribution in [0.25, 0.3) is 0 Å². The molecule has 11 heteroatoms. The monoisotopic (exact) mass is 477 g/mol. The molecule has 2 aromatic rings. The van der Waals surface area contributed by atoms with Crippen molar-refractivity contribution in [3.05, 3.63) is 53.3 Å². The largest absolute Gasteiger partial charge is 0.494 e. The molecule has 0 aromatic heterocycles. The van der Waals surface area contributed by atoms with Crippen LogP contribution in [-0.4, -0.2) is 42.1 Å². The van der Waals surface area contributed by atoms with E-state index in [0.29, 0.717) is 29.7 Å². The Kier molecular flexibility index (Phi) is 6.95. The van der Waals surface area contributed by atoms with E-state index in [0.717, 1.165) is 17.5 Å². The third-order valence-corrected chi connectivity index (χ3v) is 6.12. The molecule has 3 N–H and O–H groups in total. The first-order valence-corrected chi connectivity index (χ1v) is 11.3. The number of carbonyl (C=O) groups is 2. The van der Waals surface area contributed by atoms with Crippen LogP contribution in [0.2, 0.25) is 5.02 Å². The molecule has 2 aliphatic rings. The van der Waals surface area contributed by atoms with E-state index in [1.807, 2.05) is 6.92 Å². The number of ether oxygens (including phenoxy) is 1. The van der Waals surface area contributed by atoms with Gasteiger partial charge in [0.1, 0.15) is 17.7 Å². The lowest BCUT2D eigenvalue weighted by atomic mass is 10.0. The summed E-state index contributed by atoms with van der Waals surface area (Å²) in [4.78, 5) is 31.6. The molecule has 0 aliphatic carbocycles. The lowest BCUT2D eigenvalue weighted by molar-refractivity contribution is -0.121. The summed E-state index contributed by atoms with van der Waals surface area (Å²) in [6.45, 7) is 2.87. The van der Waals surface area contributed by atoms with Crippen LogP contribution < -0.4 is 25.8 Å². The summed E-state index contributed by atoms with van der Waals surface area (Å²) in [5.41, 5.74) is 6.91. The van der Waals surface area contributed by atoms with Crippen LogP contribution in [0.4, 0.5) is 15.8 Å². The first-order chi connectivity index (χ1) is 15.5. The first kappa shape index (κ1) is 22.5. The summed E-state index contributed by atoms with van der Waals surface area (Å²) >= 11 is 7.05. The maximum Gasteiger partial charge on any atom is 0.241 e. The van der Waals surface area contributed by atoms with Gasteiger partial charge in [-0.2, -0.15) is 0 Å². The minimum absolute atomic E-state index is 0.0234. The number of aliphatic imine (C=N–C) groups is 1. The number of amides is 2. The number of nitrogens with zero attached hydrogens (tertiary/aromatic N) is 2. The summed E-state index contributed by atoms with van der Waals surface area (Å²) < 4.78 is 19.0. The van der Waals surface area contributed by atoms with Crippen molar-refractivity contribution in [3.8, 4) is 5.75 Å². The second kappa shape index (κ2) is 9.86. The van der Waals surface area contributed by atoms with Gasteiger partial charge in [0, 0.05) is 12.2 Å². The number of hydrogen-bond acceptors (Lipinski definition) is 7. The van der Waals surface area contributed by atoms with Gasteiger partial charge in [-0.25, -0.2) is 14.8 Å². The Balaban J connectivity index is 1.48. The number of carbonyl (C=O) groups excluding carboxylic acids is 2. The molecule has 2 unspecified atom stereocenters. The Morgan fingerprint density at radius 2 is 2.12 bits per heavy atom. The van der Waals surface area contributed by atoms with Crippen LogP contribution in [0.5, 0.6) is 5.75 Å². The van der Waals surface area contributed by atoms with Gasteiger partial charge in [-0.05, 0) is 49.4 Å². The zero-order chi connectivity index (χ0) is 22.7. The van der Waals surface area contributed by atoms with Crippen molar-refractivity contribution >= 4 is 51.7 Å². The molecular weight excluding hydrogens is 457 g/mol. The van der Waals surface area contributed by atoms with E-state index >= 15 is 0 Å². The SMILES string of the molecule is CCOc1ccc(NC(=O)CSC2=NC3NNCC3C(=O)N2c2ccc(F)c(Cl)c2)cc1. The standard InChI is InChI=1S/C21H21ClFN5O3S/c1-2-31-14-6-3-12(4-7-14)25-18(29)11-32-21-26-19-15(10-24-27-19)20(30)28(21)13-5-8-17(23)16(22)9-13/h3-9,15,19,24,27H,2,10-11H2,1H3,(H,25,29). The first-order valence-electron chi connectivity index (χ1n) is 9.97. The fraction of sp³-hybridized carbons (Fsp3) is 0.286. The number of anilines is 2. The van der Waals surface area contributed by atoms with Crippen molar-refractivity contribution in [2.45, 2.75) is 13.1 Å². The Labute approximate surface area is 193 Å². The molecule has 1 saturated heterocycles. The molecule has 4 rings (SSSR count). The second-order valence-corrected chi connectivity index (χ2v) is 8.40. The number of amidine groups is 1. The smallest absolute Gasteiger partial charge is 0.241 e. The minimum Gasteiger partial charge on any atom is -0.494 e. The van der Waals surface area contributed by atoms with Crippen molar-refractivity contribution < 1.29 is 18.7 Å². The Bertz CT molecular complexity index is 1050. The van der Waals surface area contributed by atoms with Crippen LogP contribution in [0.15, 0.2) is 47.5 Å². The van der Waals surface area contributed by atoms with E-state index < -0.39 is 17.9 Å². The van der Waals surface area contributed by atoms with E-state index in [2.05, 4.69) is 21.2 Å². The highest BCUT2D eigenvalue weighted by Crippen LogP contribution is 2.31. The fourth-order valence-corrected chi connectivity index (χ4v) is 4.38. The van der Waals surface area contributed by atoms with Crippen molar-refractivity contribution in [2.75, 3.05) is 29.1 Å². The number of hydrazine groups is 1. The number of fused-ring (bicyclic) bond motifs is 1. The second-order valence-electron chi connectivity index (χ2n) is 7.05. The lowest BCUT2D eigenvalue weighted by Crippen LogP contribution is -2.49. The summed E-state index contributed by atoms with van der Waals surface area (Å²) in [5.74, 6) is -0.722. The third-order valence-electron chi connectivity index (χ3n) is 4.87. The molecule has 0 saturated carbocycles. The van der Waals surface area contributed by atoms with E-state index in [4.69, 9.17) is 16.3 Å². The number of halogens is 2. The quantitative estimate of drug-likeness (QED) is 0.592. The van der Waals surface area contributed by atoms with E-state index in [-0.39, 0.29) is 22.6 Å². The molecule has 2 aromatic carbocycles. The average molecular weight is 478 g/mol. The van der Waals surface area contributed by atoms with E-state index in [1.54, 1.807) is 24.3 Å². The van der Waals surface area contributed by atoms with Gasteiger partial charge >= 0.3 is 0 Å². The van der Waals surface area contributed by atoms with Crippen molar-refractivity contribution in [1.82, 2.24) is 10.9 Å². The highest BCUT2D eigenvalue weighted by Gasteiger charge is 2.42. The molecule has 0 bridgehead atoms. The number of rotatable bonds is 6. The summed E-state index contributed by atoms with van der Waals surface area (Å²) in [7, 11) is 0. The number of benzene rings is 2. The van der Waals surface area contributed by atoms with Gasteiger partial charge in [0.25, 0.3) is 0 Å². The maximum atomic E-state index is 13.7. The Hall–Kier alpha value is -2.66. The Morgan fingerprint density at radius 3 is 2.84 bits per heavy atom. The highest BCUT2D eigenvalue weighted by molar-refractivity contribution is 8.14.